The first kappa shape index (κ1) is 15.5. The fourth-order valence-corrected chi connectivity index (χ4v) is 2.11. The van der Waals surface area contributed by atoms with E-state index in [1.807, 2.05) is 25.1 Å². The van der Waals surface area contributed by atoms with Gasteiger partial charge in [0.05, 0.1) is 16.8 Å². The molecule has 2 N–H and O–H groups in total. The molecule has 6 nitrogen and oxygen atoms in total. The molecular weight excluding hydrogens is 282 g/mol. The number of aromatic hydroxyl groups is 1. The first-order valence-corrected chi connectivity index (χ1v) is 6.88. The van der Waals surface area contributed by atoms with E-state index >= 15 is 0 Å². The third kappa shape index (κ3) is 3.41. The van der Waals surface area contributed by atoms with Crippen LogP contribution in [0, 0.1) is 17.0 Å². The monoisotopic (exact) mass is 299 g/mol. The number of nitrogens with one attached hydrogen (secondary N) is 1. The number of anilines is 1. The number of aryl methyl sites for hydroxylation is 2. The molecule has 0 amide bonds. The van der Waals surface area contributed by atoms with Crippen LogP contribution in [0.1, 0.15) is 23.6 Å². The summed E-state index contributed by atoms with van der Waals surface area (Å²) in [5.41, 5.74) is 6.23. The maximum Gasteiger partial charge on any atom is 0.270 e. The lowest BCUT2D eigenvalue weighted by molar-refractivity contribution is -0.384. The van der Waals surface area contributed by atoms with Crippen LogP contribution in [-0.4, -0.2) is 16.2 Å². The van der Waals surface area contributed by atoms with Gasteiger partial charge < -0.3 is 5.11 Å². The Morgan fingerprint density at radius 3 is 2.82 bits per heavy atom. The second-order valence-electron chi connectivity index (χ2n) is 4.83. The second kappa shape index (κ2) is 6.71. The van der Waals surface area contributed by atoms with Crippen LogP contribution in [0.5, 0.6) is 5.75 Å². The van der Waals surface area contributed by atoms with Crippen molar-refractivity contribution in [2.75, 3.05) is 5.43 Å². The third-order valence-electron chi connectivity index (χ3n) is 3.34. The Bertz CT molecular complexity index is 727. The molecule has 0 atom stereocenters. The van der Waals surface area contributed by atoms with Crippen LogP contribution in [0.2, 0.25) is 0 Å². The normalized spacial score (nSPS) is 10.8. The molecule has 0 saturated carbocycles. The molecule has 22 heavy (non-hydrogen) atoms. The van der Waals surface area contributed by atoms with Crippen molar-refractivity contribution in [1.82, 2.24) is 0 Å². The van der Waals surface area contributed by atoms with E-state index in [0.717, 1.165) is 23.2 Å². The molecule has 0 aliphatic rings. The number of para-hydroxylation sites is 1. The van der Waals surface area contributed by atoms with E-state index in [0.29, 0.717) is 0 Å². The molecular formula is C16H17N3O3. The molecule has 2 aromatic carbocycles. The summed E-state index contributed by atoms with van der Waals surface area (Å²) in [6, 6.07) is 9.77. The van der Waals surface area contributed by atoms with Crippen molar-refractivity contribution in [3.63, 3.8) is 0 Å². The van der Waals surface area contributed by atoms with Gasteiger partial charge in [-0.25, -0.2) is 0 Å². The Morgan fingerprint density at radius 1 is 1.36 bits per heavy atom. The number of nitro benzene ring substituents is 1. The summed E-state index contributed by atoms with van der Waals surface area (Å²) in [5.74, 6) is -0.0587. The van der Waals surface area contributed by atoms with Gasteiger partial charge in [0.25, 0.3) is 5.69 Å². The van der Waals surface area contributed by atoms with E-state index in [-0.39, 0.29) is 17.0 Å². The molecule has 0 saturated heterocycles. The van der Waals surface area contributed by atoms with Gasteiger partial charge >= 0.3 is 0 Å². The first-order chi connectivity index (χ1) is 10.5. The van der Waals surface area contributed by atoms with Gasteiger partial charge in [-0.3, -0.25) is 15.5 Å². The van der Waals surface area contributed by atoms with Gasteiger partial charge in [0, 0.05) is 17.7 Å². The van der Waals surface area contributed by atoms with Crippen molar-refractivity contribution in [3.05, 3.63) is 63.2 Å². The Hall–Kier alpha value is -2.89. The molecule has 0 aromatic heterocycles. The Balaban J connectivity index is 2.24. The lowest BCUT2D eigenvalue weighted by Gasteiger charge is -2.10. The van der Waals surface area contributed by atoms with Crippen LogP contribution < -0.4 is 5.43 Å². The zero-order valence-electron chi connectivity index (χ0n) is 12.4. The van der Waals surface area contributed by atoms with E-state index in [2.05, 4.69) is 17.5 Å². The van der Waals surface area contributed by atoms with E-state index in [1.165, 1.54) is 24.4 Å². The Morgan fingerprint density at radius 2 is 2.14 bits per heavy atom. The molecule has 0 aliphatic heterocycles. The van der Waals surface area contributed by atoms with Gasteiger partial charge in [-0.15, -0.1) is 0 Å². The van der Waals surface area contributed by atoms with Crippen LogP contribution in [0.15, 0.2) is 41.5 Å². The van der Waals surface area contributed by atoms with E-state index in [9.17, 15) is 15.2 Å². The number of benzene rings is 2. The average molecular weight is 299 g/mol. The summed E-state index contributed by atoms with van der Waals surface area (Å²) in [5, 5.41) is 24.6. The van der Waals surface area contributed by atoms with Crippen LogP contribution in [0.3, 0.4) is 0 Å². The molecule has 0 bridgehead atoms. The topological polar surface area (TPSA) is 87.8 Å². The van der Waals surface area contributed by atoms with E-state index < -0.39 is 4.92 Å². The highest BCUT2D eigenvalue weighted by Crippen LogP contribution is 2.23. The van der Waals surface area contributed by atoms with Gasteiger partial charge in [0.15, 0.2) is 0 Å². The molecule has 2 rings (SSSR count). The summed E-state index contributed by atoms with van der Waals surface area (Å²) < 4.78 is 0. The summed E-state index contributed by atoms with van der Waals surface area (Å²) in [7, 11) is 0. The number of nitro groups is 1. The van der Waals surface area contributed by atoms with Crippen molar-refractivity contribution in [2.24, 2.45) is 5.10 Å². The highest BCUT2D eigenvalue weighted by Gasteiger charge is 2.09. The SMILES string of the molecule is CCc1cccc(C)c1N/N=C/c1cc([N+](=O)[O-])ccc1O. The lowest BCUT2D eigenvalue weighted by Crippen LogP contribution is -1.98. The molecule has 114 valence electrons. The maximum atomic E-state index is 10.8. The third-order valence-corrected chi connectivity index (χ3v) is 3.34. The lowest BCUT2D eigenvalue weighted by atomic mass is 10.1. The van der Waals surface area contributed by atoms with Crippen LogP contribution in [0.25, 0.3) is 0 Å². The highest BCUT2D eigenvalue weighted by atomic mass is 16.6. The molecule has 2 aromatic rings. The predicted molar refractivity (Wildman–Crippen MR) is 86.5 cm³/mol. The van der Waals surface area contributed by atoms with Crippen LogP contribution in [0.4, 0.5) is 11.4 Å². The fraction of sp³-hybridized carbons (Fsp3) is 0.188. The number of hydrogen-bond donors (Lipinski definition) is 2. The van der Waals surface area contributed by atoms with Crippen LogP contribution >= 0.6 is 0 Å². The van der Waals surface area contributed by atoms with Gasteiger partial charge in [0.1, 0.15) is 5.75 Å². The fourth-order valence-electron chi connectivity index (χ4n) is 2.11. The summed E-state index contributed by atoms with van der Waals surface area (Å²) in [6.45, 7) is 4.03. The quantitative estimate of drug-likeness (QED) is 0.501. The predicted octanol–water partition coefficient (Wildman–Crippen LogP) is 3.62. The van der Waals surface area contributed by atoms with Crippen molar-refractivity contribution in [3.8, 4) is 5.75 Å². The standard InChI is InChI=1S/C16H17N3O3/c1-3-12-6-4-5-11(2)16(12)18-17-10-13-9-14(19(21)22)7-8-15(13)20/h4-10,18,20H,3H2,1-2H3/b17-10+. The number of nitrogens with zero attached hydrogens (tertiary/aromatic N) is 2. The van der Waals surface area contributed by atoms with E-state index in [1.54, 1.807) is 0 Å². The highest BCUT2D eigenvalue weighted by molar-refractivity contribution is 5.85. The first-order valence-electron chi connectivity index (χ1n) is 6.88. The molecule has 0 unspecified atom stereocenters. The van der Waals surface area contributed by atoms with Gasteiger partial charge in [-0.2, -0.15) is 5.10 Å². The average Bonchev–Trinajstić information content (AvgIpc) is 2.50. The van der Waals surface area contributed by atoms with Crippen LogP contribution in [-0.2, 0) is 6.42 Å². The summed E-state index contributed by atoms with van der Waals surface area (Å²) in [4.78, 5) is 10.2. The Labute approximate surface area is 128 Å². The molecule has 0 spiro atoms. The minimum absolute atomic E-state index is 0.0587. The number of phenolic OH excluding ortho intramolecular Hbond substituents is 1. The van der Waals surface area contributed by atoms with Crippen molar-refractivity contribution >= 4 is 17.6 Å². The number of phenols is 1. The van der Waals surface area contributed by atoms with Gasteiger partial charge in [-0.05, 0) is 30.5 Å². The van der Waals surface area contributed by atoms with Gasteiger partial charge in [0.2, 0.25) is 0 Å². The molecule has 0 fully saturated rings. The second-order valence-corrected chi connectivity index (χ2v) is 4.83. The van der Waals surface area contributed by atoms with Crippen molar-refractivity contribution in [1.29, 1.82) is 0 Å². The van der Waals surface area contributed by atoms with Crippen molar-refractivity contribution < 1.29 is 10.0 Å². The number of rotatable bonds is 5. The van der Waals surface area contributed by atoms with E-state index in [4.69, 9.17) is 0 Å². The summed E-state index contributed by atoms with van der Waals surface area (Å²) in [6.07, 6.45) is 2.23. The van der Waals surface area contributed by atoms with Gasteiger partial charge in [-0.1, -0.05) is 25.1 Å². The zero-order chi connectivity index (χ0) is 16.1. The number of non-ortho nitro benzene ring substituents is 1. The minimum Gasteiger partial charge on any atom is -0.507 e. The minimum atomic E-state index is -0.513. The zero-order valence-corrected chi connectivity index (χ0v) is 12.4. The molecule has 0 radical (unpaired) electrons. The molecule has 0 heterocycles. The smallest absolute Gasteiger partial charge is 0.270 e. The Kier molecular flexibility index (Phi) is 4.73. The maximum absolute atomic E-state index is 10.8. The molecule has 0 aliphatic carbocycles. The number of hydrazone groups is 1. The largest absolute Gasteiger partial charge is 0.507 e. The number of hydrogen-bond acceptors (Lipinski definition) is 5. The summed E-state index contributed by atoms with van der Waals surface area (Å²) >= 11 is 0. The van der Waals surface area contributed by atoms with Crippen molar-refractivity contribution in [2.45, 2.75) is 20.3 Å². The molecule has 6 heteroatoms.